The number of hydrogen-bond acceptors (Lipinski definition) is 3. The van der Waals surface area contributed by atoms with Crippen LogP contribution in [0.25, 0.3) is 11.1 Å². The van der Waals surface area contributed by atoms with Gasteiger partial charge in [-0.2, -0.15) is 4.99 Å². The smallest absolute Gasteiger partial charge is 0.188 e. The minimum atomic E-state index is -0.687. The van der Waals surface area contributed by atoms with Gasteiger partial charge in [-0.1, -0.05) is 30.3 Å². The van der Waals surface area contributed by atoms with E-state index in [0.29, 0.717) is 5.56 Å². The molecular weight excluding hydrogens is 268 g/mol. The molecule has 0 aliphatic carbocycles. The van der Waals surface area contributed by atoms with Crippen LogP contribution >= 0.6 is 12.2 Å². The molecule has 0 fully saturated rings. The molecule has 0 saturated heterocycles. The van der Waals surface area contributed by atoms with Crippen molar-refractivity contribution in [3.63, 3.8) is 0 Å². The highest BCUT2D eigenvalue weighted by Gasteiger charge is 2.13. The maximum atomic E-state index is 13.9. The van der Waals surface area contributed by atoms with Crippen LogP contribution in [0.4, 0.5) is 8.78 Å². The van der Waals surface area contributed by atoms with Crippen molar-refractivity contribution in [2.24, 2.45) is 4.99 Å². The van der Waals surface area contributed by atoms with E-state index in [1.54, 1.807) is 30.3 Å². The third-order valence-electron chi connectivity index (χ3n) is 2.44. The summed E-state index contributed by atoms with van der Waals surface area (Å²) in [6.07, 6.45) is 0. The van der Waals surface area contributed by atoms with Gasteiger partial charge in [-0.25, -0.2) is 8.78 Å². The van der Waals surface area contributed by atoms with Crippen LogP contribution in [-0.4, -0.2) is 11.9 Å². The highest BCUT2D eigenvalue weighted by Crippen LogP contribution is 2.29. The number of thiocarbonyl (C=S) groups is 1. The molecule has 0 bridgehead atoms. The maximum Gasteiger partial charge on any atom is 0.188 e. The SMILES string of the molecule is Fc1cc(OCN=C=S)cc(F)c1-c1ccccc1. The van der Waals surface area contributed by atoms with Gasteiger partial charge in [0, 0.05) is 12.1 Å². The summed E-state index contributed by atoms with van der Waals surface area (Å²) in [4.78, 5) is 3.50. The van der Waals surface area contributed by atoms with Gasteiger partial charge in [0.25, 0.3) is 0 Å². The van der Waals surface area contributed by atoms with Gasteiger partial charge in [-0.15, -0.1) is 0 Å². The Morgan fingerprint density at radius 3 is 2.32 bits per heavy atom. The Balaban J connectivity index is 2.35. The fourth-order valence-electron chi connectivity index (χ4n) is 1.65. The topological polar surface area (TPSA) is 21.6 Å². The van der Waals surface area contributed by atoms with Crippen LogP contribution < -0.4 is 4.74 Å². The summed E-state index contributed by atoms with van der Waals surface area (Å²) in [7, 11) is 0. The molecule has 0 aliphatic rings. The van der Waals surface area contributed by atoms with Crippen LogP contribution in [0.15, 0.2) is 47.5 Å². The Morgan fingerprint density at radius 2 is 1.74 bits per heavy atom. The fraction of sp³-hybridized carbons (Fsp3) is 0.0714. The number of rotatable bonds is 4. The molecule has 0 amide bonds. The molecule has 0 radical (unpaired) electrons. The molecule has 0 unspecified atom stereocenters. The third-order valence-corrected chi connectivity index (χ3v) is 2.57. The molecule has 0 heterocycles. The Morgan fingerprint density at radius 1 is 1.11 bits per heavy atom. The maximum absolute atomic E-state index is 13.9. The summed E-state index contributed by atoms with van der Waals surface area (Å²) in [5, 5.41) is 2.10. The molecule has 0 saturated carbocycles. The van der Waals surface area contributed by atoms with Crippen LogP contribution in [0, 0.1) is 11.6 Å². The molecule has 2 nitrogen and oxygen atoms in total. The second-order valence-electron chi connectivity index (χ2n) is 3.65. The summed E-state index contributed by atoms with van der Waals surface area (Å²) < 4.78 is 32.9. The first-order chi connectivity index (χ1) is 9.22. The van der Waals surface area contributed by atoms with Gasteiger partial charge in [-0.05, 0) is 17.8 Å². The number of nitrogens with zero attached hydrogens (tertiary/aromatic N) is 1. The van der Waals surface area contributed by atoms with Crippen molar-refractivity contribution in [1.82, 2.24) is 0 Å². The normalized spacial score (nSPS) is 9.79. The van der Waals surface area contributed by atoms with E-state index in [9.17, 15) is 8.78 Å². The summed E-state index contributed by atoms with van der Waals surface area (Å²) in [6, 6.07) is 10.7. The van der Waals surface area contributed by atoms with Gasteiger partial charge in [0.2, 0.25) is 0 Å². The van der Waals surface area contributed by atoms with Gasteiger partial charge < -0.3 is 4.74 Å². The van der Waals surface area contributed by atoms with Crippen LogP contribution in [0.3, 0.4) is 0 Å². The summed E-state index contributed by atoms with van der Waals surface area (Å²) >= 11 is 4.36. The van der Waals surface area contributed by atoms with E-state index in [1.165, 1.54) is 0 Å². The van der Waals surface area contributed by atoms with Gasteiger partial charge in [0.05, 0.1) is 10.7 Å². The lowest BCUT2D eigenvalue weighted by Gasteiger charge is -2.08. The Bertz CT molecular complexity index is 602. The molecule has 0 aliphatic heterocycles. The minimum Gasteiger partial charge on any atom is -0.470 e. The fourth-order valence-corrected chi connectivity index (χ4v) is 1.70. The van der Waals surface area contributed by atoms with E-state index in [4.69, 9.17) is 4.74 Å². The zero-order valence-corrected chi connectivity index (χ0v) is 10.6. The molecule has 19 heavy (non-hydrogen) atoms. The summed E-state index contributed by atoms with van der Waals surface area (Å²) in [5.74, 6) is -1.32. The van der Waals surface area contributed by atoms with E-state index in [0.717, 1.165) is 12.1 Å². The Labute approximate surface area is 114 Å². The van der Waals surface area contributed by atoms with Crippen molar-refractivity contribution in [2.75, 3.05) is 6.73 Å². The number of aliphatic imine (C=N–C) groups is 1. The molecule has 2 aromatic carbocycles. The van der Waals surface area contributed by atoms with Crippen LogP contribution in [0.1, 0.15) is 0 Å². The first-order valence-corrected chi connectivity index (χ1v) is 5.84. The quantitative estimate of drug-likeness (QED) is 0.620. The van der Waals surface area contributed by atoms with Gasteiger partial charge in [0.15, 0.2) is 6.73 Å². The predicted octanol–water partition coefficient (Wildman–Crippen LogP) is 4.07. The first-order valence-electron chi connectivity index (χ1n) is 5.43. The van der Waals surface area contributed by atoms with E-state index in [1.807, 2.05) is 0 Å². The van der Waals surface area contributed by atoms with Crippen LogP contribution in [-0.2, 0) is 0 Å². The lowest BCUT2D eigenvalue weighted by Crippen LogP contribution is -1.97. The molecule has 0 atom stereocenters. The van der Waals surface area contributed by atoms with Crippen LogP contribution in [0.5, 0.6) is 5.75 Å². The van der Waals surface area contributed by atoms with Crippen molar-refractivity contribution < 1.29 is 13.5 Å². The number of benzene rings is 2. The monoisotopic (exact) mass is 277 g/mol. The first kappa shape index (κ1) is 13.3. The molecule has 5 heteroatoms. The van der Waals surface area contributed by atoms with E-state index >= 15 is 0 Å². The zero-order valence-electron chi connectivity index (χ0n) is 9.77. The molecule has 0 aromatic heterocycles. The number of hydrogen-bond donors (Lipinski definition) is 0. The van der Waals surface area contributed by atoms with Gasteiger partial charge in [-0.3, -0.25) is 0 Å². The molecule has 2 aromatic rings. The second kappa shape index (κ2) is 6.18. The largest absolute Gasteiger partial charge is 0.470 e. The second-order valence-corrected chi connectivity index (χ2v) is 3.83. The lowest BCUT2D eigenvalue weighted by atomic mass is 10.0. The molecule has 0 N–H and O–H groups in total. The summed E-state index contributed by atoms with van der Waals surface area (Å²) in [6.45, 7) is -0.118. The van der Waals surface area contributed by atoms with E-state index < -0.39 is 11.6 Å². The lowest BCUT2D eigenvalue weighted by molar-refractivity contribution is 0.328. The average molecular weight is 277 g/mol. The standard InChI is InChI=1S/C14H9F2NOS/c15-12-6-11(18-8-17-9-19)7-13(16)14(12)10-4-2-1-3-5-10/h1-7H,8H2. The number of isothiocyanates is 1. The van der Waals surface area contributed by atoms with Crippen molar-refractivity contribution >= 4 is 17.4 Å². The highest BCUT2D eigenvalue weighted by molar-refractivity contribution is 7.78. The van der Waals surface area contributed by atoms with Crippen LogP contribution in [0.2, 0.25) is 0 Å². The van der Waals surface area contributed by atoms with Crippen molar-refractivity contribution in [1.29, 1.82) is 0 Å². The van der Waals surface area contributed by atoms with Crippen molar-refractivity contribution in [2.45, 2.75) is 0 Å². The zero-order chi connectivity index (χ0) is 13.7. The summed E-state index contributed by atoms with van der Waals surface area (Å²) in [5.41, 5.74) is 0.396. The Hall–Kier alpha value is -2.10. The molecule has 0 spiro atoms. The number of halogens is 2. The van der Waals surface area contributed by atoms with E-state index in [-0.39, 0.29) is 18.0 Å². The number of ether oxygens (including phenoxy) is 1. The molecular formula is C14H9F2NOS. The third kappa shape index (κ3) is 3.22. The van der Waals surface area contributed by atoms with Crippen molar-refractivity contribution in [3.05, 3.63) is 54.1 Å². The molecule has 96 valence electrons. The van der Waals surface area contributed by atoms with Crippen molar-refractivity contribution in [3.8, 4) is 16.9 Å². The minimum absolute atomic E-state index is 0.0590. The highest BCUT2D eigenvalue weighted by atomic mass is 32.1. The van der Waals surface area contributed by atoms with E-state index in [2.05, 4.69) is 22.4 Å². The predicted molar refractivity (Wildman–Crippen MR) is 72.3 cm³/mol. The Kier molecular flexibility index (Phi) is 4.34. The molecule has 2 rings (SSSR count). The average Bonchev–Trinajstić information content (AvgIpc) is 2.39. The van der Waals surface area contributed by atoms with Gasteiger partial charge >= 0.3 is 0 Å². The van der Waals surface area contributed by atoms with Gasteiger partial charge in [0.1, 0.15) is 17.4 Å².